The molecule has 102 valence electrons. The third kappa shape index (κ3) is 2.58. The van der Waals surface area contributed by atoms with Gasteiger partial charge in [-0.05, 0) is 32.1 Å². The Hall–Kier alpha value is -1.56. The van der Waals surface area contributed by atoms with Crippen LogP contribution in [0.1, 0.15) is 24.6 Å². The molecular weight excluding hydrogens is 260 g/mol. The van der Waals surface area contributed by atoms with Crippen molar-refractivity contribution < 1.29 is 4.79 Å². The Kier molecular flexibility index (Phi) is 4.09. The van der Waals surface area contributed by atoms with Gasteiger partial charge in [0.1, 0.15) is 17.8 Å². The fourth-order valence-electron chi connectivity index (χ4n) is 2.05. The first-order chi connectivity index (χ1) is 9.08. The number of aromatic nitrogens is 3. The molecule has 0 aliphatic carbocycles. The lowest BCUT2D eigenvalue weighted by molar-refractivity contribution is -0.115. The molecule has 0 saturated heterocycles. The Morgan fingerprint density at radius 3 is 2.84 bits per heavy atom. The molecule has 6 heteroatoms. The monoisotopic (exact) mass is 278 g/mol. The highest BCUT2D eigenvalue weighted by molar-refractivity contribution is 7.99. The zero-order valence-corrected chi connectivity index (χ0v) is 12.4. The van der Waals surface area contributed by atoms with Crippen LogP contribution in [-0.4, -0.2) is 32.4 Å². The number of fused-ring (bicyclic) bond motifs is 1. The van der Waals surface area contributed by atoms with Crippen LogP contribution in [0.25, 0.3) is 11.0 Å². The van der Waals surface area contributed by atoms with Crippen molar-refractivity contribution in [2.75, 3.05) is 11.6 Å². The number of H-pyrrole nitrogens is 1. The van der Waals surface area contributed by atoms with Crippen molar-refractivity contribution >= 4 is 34.5 Å². The number of aryl methyl sites for hydroxylation is 2. The van der Waals surface area contributed by atoms with E-state index < -0.39 is 0 Å². The molecule has 2 aromatic heterocycles. The second kappa shape index (κ2) is 5.61. The maximum atomic E-state index is 12.1. The van der Waals surface area contributed by atoms with Crippen LogP contribution in [-0.2, 0) is 4.79 Å². The van der Waals surface area contributed by atoms with Crippen molar-refractivity contribution in [2.24, 2.45) is 0 Å². The molecule has 0 saturated carbocycles. The number of rotatable bonds is 4. The van der Waals surface area contributed by atoms with Crippen LogP contribution in [0, 0.1) is 13.8 Å². The Labute approximate surface area is 116 Å². The lowest BCUT2D eigenvalue weighted by atomic mass is 10.2. The number of thioether (sulfide) groups is 1. The van der Waals surface area contributed by atoms with E-state index in [2.05, 4.69) is 20.3 Å². The highest BCUT2D eigenvalue weighted by atomic mass is 32.2. The number of hydrogen-bond donors (Lipinski definition) is 2. The van der Waals surface area contributed by atoms with Crippen LogP contribution in [0.2, 0.25) is 0 Å². The lowest BCUT2D eigenvalue weighted by Crippen LogP contribution is -2.24. The van der Waals surface area contributed by atoms with Crippen molar-refractivity contribution in [2.45, 2.75) is 32.4 Å². The van der Waals surface area contributed by atoms with E-state index >= 15 is 0 Å². The number of hydrogen-bond acceptors (Lipinski definition) is 4. The summed E-state index contributed by atoms with van der Waals surface area (Å²) in [6.07, 6.45) is 4.20. The molecule has 1 atom stereocenters. The highest BCUT2D eigenvalue weighted by Crippen LogP contribution is 2.26. The fourth-order valence-corrected chi connectivity index (χ4v) is 2.65. The molecule has 0 aromatic carbocycles. The van der Waals surface area contributed by atoms with Gasteiger partial charge in [-0.1, -0.05) is 6.92 Å². The fraction of sp³-hybridized carbons (Fsp3) is 0.462. The number of carbonyl (C=O) groups is 1. The topological polar surface area (TPSA) is 70.7 Å². The van der Waals surface area contributed by atoms with Gasteiger partial charge in [0.05, 0.1) is 10.6 Å². The summed E-state index contributed by atoms with van der Waals surface area (Å²) in [6, 6.07) is 0. The maximum absolute atomic E-state index is 12.1. The normalized spacial score (nSPS) is 12.6. The Morgan fingerprint density at radius 2 is 2.21 bits per heavy atom. The predicted octanol–water partition coefficient (Wildman–Crippen LogP) is 2.65. The van der Waals surface area contributed by atoms with Crippen LogP contribution in [0.4, 0.5) is 5.82 Å². The molecule has 19 heavy (non-hydrogen) atoms. The van der Waals surface area contributed by atoms with Gasteiger partial charge in [0.25, 0.3) is 0 Å². The molecule has 2 rings (SSSR count). The van der Waals surface area contributed by atoms with Gasteiger partial charge >= 0.3 is 0 Å². The molecule has 0 spiro atoms. The molecule has 5 nitrogen and oxygen atoms in total. The van der Waals surface area contributed by atoms with Crippen molar-refractivity contribution in [3.05, 3.63) is 17.6 Å². The van der Waals surface area contributed by atoms with E-state index in [1.165, 1.54) is 6.33 Å². The smallest absolute Gasteiger partial charge is 0.238 e. The summed E-state index contributed by atoms with van der Waals surface area (Å²) in [6.45, 7) is 5.99. The number of nitrogens with one attached hydrogen (secondary N) is 2. The van der Waals surface area contributed by atoms with Gasteiger partial charge in [-0.2, -0.15) is 11.8 Å². The molecule has 2 heterocycles. The average molecular weight is 278 g/mol. The van der Waals surface area contributed by atoms with Gasteiger partial charge in [-0.25, -0.2) is 9.97 Å². The van der Waals surface area contributed by atoms with Crippen LogP contribution in [0.5, 0.6) is 0 Å². The summed E-state index contributed by atoms with van der Waals surface area (Å²) in [5, 5.41) is 3.75. The van der Waals surface area contributed by atoms with Crippen LogP contribution in [0.3, 0.4) is 0 Å². The molecule has 0 radical (unpaired) electrons. The second-order valence-electron chi connectivity index (χ2n) is 4.44. The molecule has 2 N–H and O–H groups in total. The first-order valence-electron chi connectivity index (χ1n) is 6.22. The number of amides is 1. The van der Waals surface area contributed by atoms with E-state index in [0.29, 0.717) is 5.82 Å². The minimum atomic E-state index is -0.0506. The van der Waals surface area contributed by atoms with Gasteiger partial charge < -0.3 is 10.3 Å². The molecule has 1 amide bonds. The minimum absolute atomic E-state index is 0.00625. The van der Waals surface area contributed by atoms with Crippen molar-refractivity contribution in [1.82, 2.24) is 15.0 Å². The summed E-state index contributed by atoms with van der Waals surface area (Å²) >= 11 is 1.55. The molecule has 0 unspecified atom stereocenters. The first kappa shape index (κ1) is 13.9. The highest BCUT2D eigenvalue weighted by Gasteiger charge is 2.18. The van der Waals surface area contributed by atoms with Crippen LogP contribution < -0.4 is 5.32 Å². The van der Waals surface area contributed by atoms with E-state index in [-0.39, 0.29) is 11.2 Å². The maximum Gasteiger partial charge on any atom is 0.238 e. The van der Waals surface area contributed by atoms with Crippen molar-refractivity contribution in [1.29, 1.82) is 0 Å². The van der Waals surface area contributed by atoms with E-state index in [0.717, 1.165) is 28.7 Å². The Bertz CT molecular complexity index is 604. The number of carbonyl (C=O) groups excluding carboxylic acids is 1. The Morgan fingerprint density at radius 1 is 1.47 bits per heavy atom. The van der Waals surface area contributed by atoms with E-state index in [1.807, 2.05) is 27.0 Å². The van der Waals surface area contributed by atoms with Gasteiger partial charge in [0.2, 0.25) is 5.91 Å². The summed E-state index contributed by atoms with van der Waals surface area (Å²) in [7, 11) is 0. The number of aromatic amines is 1. The van der Waals surface area contributed by atoms with Gasteiger partial charge in [-0.15, -0.1) is 0 Å². The SMILES string of the molecule is CC[C@H](SC)C(=O)Nc1ncnc2[nH]c(C)c(C)c12. The minimum Gasteiger partial charge on any atom is -0.343 e. The first-order valence-corrected chi connectivity index (χ1v) is 7.50. The van der Waals surface area contributed by atoms with E-state index in [9.17, 15) is 4.79 Å². The number of nitrogens with zero attached hydrogens (tertiary/aromatic N) is 2. The summed E-state index contributed by atoms with van der Waals surface area (Å²) in [4.78, 5) is 23.7. The molecule has 2 aromatic rings. The summed E-state index contributed by atoms with van der Waals surface area (Å²) < 4.78 is 0. The predicted molar refractivity (Wildman–Crippen MR) is 79.6 cm³/mol. The second-order valence-corrected chi connectivity index (χ2v) is 5.48. The third-order valence-electron chi connectivity index (χ3n) is 3.28. The molecule has 0 bridgehead atoms. The van der Waals surface area contributed by atoms with E-state index in [1.54, 1.807) is 11.8 Å². The molecule has 0 aliphatic heterocycles. The molecular formula is C13H18N4OS. The molecule has 0 aliphatic rings. The summed E-state index contributed by atoms with van der Waals surface area (Å²) in [5.41, 5.74) is 2.88. The average Bonchev–Trinajstić information content (AvgIpc) is 2.67. The van der Waals surface area contributed by atoms with Gasteiger partial charge in [-0.3, -0.25) is 4.79 Å². The van der Waals surface area contributed by atoms with Crippen molar-refractivity contribution in [3.8, 4) is 0 Å². The standard InChI is InChI=1S/C13H18N4OS/c1-5-9(19-4)13(18)17-12-10-7(2)8(3)16-11(10)14-6-15-12/h6,9H,5H2,1-4H3,(H2,14,15,16,17,18)/t9-/m0/s1. The lowest BCUT2D eigenvalue weighted by Gasteiger charge is -2.12. The van der Waals surface area contributed by atoms with Gasteiger partial charge in [0.15, 0.2) is 0 Å². The molecule has 0 fully saturated rings. The largest absolute Gasteiger partial charge is 0.343 e. The quantitative estimate of drug-likeness (QED) is 0.902. The van der Waals surface area contributed by atoms with Crippen LogP contribution >= 0.6 is 11.8 Å². The zero-order valence-electron chi connectivity index (χ0n) is 11.6. The Balaban J connectivity index is 2.38. The van der Waals surface area contributed by atoms with Gasteiger partial charge in [0, 0.05) is 5.69 Å². The van der Waals surface area contributed by atoms with Crippen molar-refractivity contribution in [3.63, 3.8) is 0 Å². The van der Waals surface area contributed by atoms with E-state index in [4.69, 9.17) is 0 Å². The summed E-state index contributed by atoms with van der Waals surface area (Å²) in [5.74, 6) is 0.581. The third-order valence-corrected chi connectivity index (χ3v) is 4.40. The van der Waals surface area contributed by atoms with Crippen LogP contribution in [0.15, 0.2) is 6.33 Å². The number of anilines is 1. The zero-order chi connectivity index (χ0) is 14.0.